The Morgan fingerprint density at radius 3 is 1.38 bits per heavy atom. The monoisotopic (exact) mass is 302 g/mol. The Hall–Kier alpha value is -3.22. The smallest absolute Gasteiger partial charge is 0.0349 e. The van der Waals surface area contributed by atoms with E-state index in [1.54, 1.807) is 0 Å². The Labute approximate surface area is 142 Å². The minimum atomic E-state index is 0.247. The zero-order valence-corrected chi connectivity index (χ0v) is 13.1. The zero-order valence-electron chi connectivity index (χ0n) is 13.1. The van der Waals surface area contributed by atoms with Gasteiger partial charge in [-0.3, -0.25) is 0 Å². The highest BCUT2D eigenvalue weighted by Gasteiger charge is 2.41. The van der Waals surface area contributed by atoms with E-state index in [4.69, 9.17) is 12.8 Å². The van der Waals surface area contributed by atoms with E-state index in [-0.39, 0.29) is 11.8 Å². The van der Waals surface area contributed by atoms with Crippen molar-refractivity contribution < 1.29 is 0 Å². The minimum Gasteiger partial charge on any atom is -0.115 e. The summed E-state index contributed by atoms with van der Waals surface area (Å²) in [5.74, 6) is 6.05. The molecule has 2 atom stereocenters. The van der Waals surface area contributed by atoms with Gasteiger partial charge in [0.05, 0.1) is 0 Å². The van der Waals surface area contributed by atoms with Gasteiger partial charge in [-0.05, 0) is 57.6 Å². The maximum atomic E-state index is 5.64. The highest BCUT2D eigenvalue weighted by Crippen LogP contribution is 2.55. The van der Waals surface area contributed by atoms with Crippen molar-refractivity contribution in [2.75, 3.05) is 0 Å². The average molecular weight is 302 g/mol. The standard InChI is InChI=1S/C24H14/c1-3-15-9-11-19-21(13-15)23-17-7-5-6-8-18(17)24(19)22-14-16(4-2)10-12-20(22)23/h1-2,5-14,23-24H/t23-,24-/m1/s1. The summed E-state index contributed by atoms with van der Waals surface area (Å²) < 4.78 is 0. The molecule has 24 heavy (non-hydrogen) atoms. The van der Waals surface area contributed by atoms with Crippen LogP contribution in [0.4, 0.5) is 0 Å². The van der Waals surface area contributed by atoms with Gasteiger partial charge in [-0.1, -0.05) is 48.2 Å². The fourth-order valence-electron chi connectivity index (χ4n) is 4.40. The molecule has 0 nitrogen and oxygen atoms in total. The van der Waals surface area contributed by atoms with Crippen LogP contribution in [0.1, 0.15) is 56.3 Å². The third-order valence-corrected chi connectivity index (χ3v) is 5.37. The topological polar surface area (TPSA) is 0 Å². The van der Waals surface area contributed by atoms with Crippen LogP contribution in [-0.4, -0.2) is 0 Å². The van der Waals surface area contributed by atoms with Gasteiger partial charge in [-0.15, -0.1) is 12.8 Å². The quantitative estimate of drug-likeness (QED) is 0.366. The summed E-state index contributed by atoms with van der Waals surface area (Å²) >= 11 is 0. The molecule has 0 N–H and O–H groups in total. The molecule has 6 rings (SSSR count). The molecule has 0 saturated carbocycles. The van der Waals surface area contributed by atoms with Gasteiger partial charge in [0.25, 0.3) is 0 Å². The van der Waals surface area contributed by atoms with E-state index < -0.39 is 0 Å². The van der Waals surface area contributed by atoms with Crippen LogP contribution in [0.25, 0.3) is 0 Å². The molecule has 3 aliphatic rings. The number of terminal acetylenes is 2. The molecule has 110 valence electrons. The third-order valence-electron chi connectivity index (χ3n) is 5.37. The summed E-state index contributed by atoms with van der Waals surface area (Å²) in [6.07, 6.45) is 11.3. The summed E-state index contributed by atoms with van der Waals surface area (Å²) in [6.45, 7) is 0. The molecule has 0 heteroatoms. The van der Waals surface area contributed by atoms with Crippen LogP contribution >= 0.6 is 0 Å². The molecule has 0 saturated heterocycles. The SMILES string of the molecule is C#Cc1ccc2c(c1)[C@@H]1c3ccccc3[C@H]2c2cc(C#C)ccc21. The van der Waals surface area contributed by atoms with E-state index in [0.29, 0.717) is 0 Å². The van der Waals surface area contributed by atoms with Crippen molar-refractivity contribution in [2.24, 2.45) is 0 Å². The molecule has 0 heterocycles. The molecule has 0 unspecified atom stereocenters. The molecule has 0 aliphatic heterocycles. The highest BCUT2D eigenvalue weighted by molar-refractivity contribution is 5.69. The predicted molar refractivity (Wildman–Crippen MR) is 97.1 cm³/mol. The van der Waals surface area contributed by atoms with E-state index in [1.165, 1.54) is 33.4 Å². The van der Waals surface area contributed by atoms with Crippen LogP contribution in [0.15, 0.2) is 60.7 Å². The molecule has 3 aromatic rings. The van der Waals surface area contributed by atoms with E-state index >= 15 is 0 Å². The number of rotatable bonds is 0. The molecule has 0 spiro atoms. The van der Waals surface area contributed by atoms with Crippen molar-refractivity contribution in [3.05, 3.63) is 105 Å². The van der Waals surface area contributed by atoms with Gasteiger partial charge in [0.1, 0.15) is 0 Å². The predicted octanol–water partition coefficient (Wildman–Crippen LogP) is 4.64. The molecule has 0 radical (unpaired) electrons. The lowest BCUT2D eigenvalue weighted by Crippen LogP contribution is -2.27. The molecular formula is C24H14. The Morgan fingerprint density at radius 1 is 0.542 bits per heavy atom. The minimum absolute atomic E-state index is 0.247. The fraction of sp³-hybridized carbons (Fsp3) is 0.0833. The molecular weight excluding hydrogens is 288 g/mol. The first-order chi connectivity index (χ1) is 11.8. The van der Waals surface area contributed by atoms with Crippen molar-refractivity contribution in [2.45, 2.75) is 11.8 Å². The first-order valence-corrected chi connectivity index (χ1v) is 8.11. The number of benzene rings is 3. The second kappa shape index (κ2) is 4.64. The summed E-state index contributed by atoms with van der Waals surface area (Å²) in [7, 11) is 0. The van der Waals surface area contributed by atoms with Gasteiger partial charge in [0.15, 0.2) is 0 Å². The molecule has 0 amide bonds. The van der Waals surface area contributed by atoms with E-state index in [2.05, 4.69) is 60.4 Å². The maximum absolute atomic E-state index is 5.64. The van der Waals surface area contributed by atoms with Gasteiger partial charge in [0, 0.05) is 23.0 Å². The summed E-state index contributed by atoms with van der Waals surface area (Å²) in [6, 6.07) is 21.6. The normalized spacial score (nSPS) is 18.8. The fourth-order valence-corrected chi connectivity index (χ4v) is 4.40. The molecule has 3 aromatic carbocycles. The van der Waals surface area contributed by atoms with Crippen molar-refractivity contribution in [1.82, 2.24) is 0 Å². The van der Waals surface area contributed by atoms with Gasteiger partial charge in [0.2, 0.25) is 0 Å². The molecule has 0 fully saturated rings. The lowest BCUT2D eigenvalue weighted by molar-refractivity contribution is 0.753. The van der Waals surface area contributed by atoms with E-state index in [1.807, 2.05) is 12.1 Å². The molecule has 2 bridgehead atoms. The van der Waals surface area contributed by atoms with Crippen LogP contribution in [0.5, 0.6) is 0 Å². The van der Waals surface area contributed by atoms with Crippen molar-refractivity contribution in [3.8, 4) is 24.7 Å². The van der Waals surface area contributed by atoms with Crippen molar-refractivity contribution >= 4 is 0 Å². The Morgan fingerprint density at radius 2 is 0.958 bits per heavy atom. The van der Waals surface area contributed by atoms with Crippen LogP contribution < -0.4 is 0 Å². The largest absolute Gasteiger partial charge is 0.115 e. The Kier molecular flexibility index (Phi) is 2.56. The first-order valence-electron chi connectivity index (χ1n) is 8.11. The second-order valence-electron chi connectivity index (χ2n) is 6.47. The van der Waals surface area contributed by atoms with E-state index in [0.717, 1.165) is 11.1 Å². The van der Waals surface area contributed by atoms with Crippen LogP contribution in [0.3, 0.4) is 0 Å². The van der Waals surface area contributed by atoms with Gasteiger partial charge in [-0.25, -0.2) is 0 Å². The zero-order chi connectivity index (χ0) is 16.3. The van der Waals surface area contributed by atoms with Crippen molar-refractivity contribution in [3.63, 3.8) is 0 Å². The Balaban J connectivity index is 1.87. The van der Waals surface area contributed by atoms with Gasteiger partial charge in [-0.2, -0.15) is 0 Å². The van der Waals surface area contributed by atoms with Crippen molar-refractivity contribution in [1.29, 1.82) is 0 Å². The second-order valence-corrected chi connectivity index (χ2v) is 6.47. The lowest BCUT2D eigenvalue weighted by Gasteiger charge is -2.42. The van der Waals surface area contributed by atoms with Gasteiger partial charge < -0.3 is 0 Å². The summed E-state index contributed by atoms with van der Waals surface area (Å²) in [5.41, 5.74) is 10.1. The highest BCUT2D eigenvalue weighted by atomic mass is 14.4. The summed E-state index contributed by atoms with van der Waals surface area (Å²) in [5, 5.41) is 0. The number of hydrogen-bond donors (Lipinski definition) is 0. The molecule has 0 aromatic heterocycles. The van der Waals surface area contributed by atoms with Crippen LogP contribution in [0.2, 0.25) is 0 Å². The average Bonchev–Trinajstić information content (AvgIpc) is 2.66. The van der Waals surface area contributed by atoms with Crippen LogP contribution in [-0.2, 0) is 0 Å². The maximum Gasteiger partial charge on any atom is 0.0349 e. The number of hydrogen-bond acceptors (Lipinski definition) is 0. The Bertz CT molecular complexity index is 997. The van der Waals surface area contributed by atoms with E-state index in [9.17, 15) is 0 Å². The first kappa shape index (κ1) is 13.2. The van der Waals surface area contributed by atoms with Gasteiger partial charge >= 0.3 is 0 Å². The molecule has 3 aliphatic carbocycles. The lowest BCUT2D eigenvalue weighted by atomic mass is 9.61. The third kappa shape index (κ3) is 1.56. The summed E-state index contributed by atoms with van der Waals surface area (Å²) in [4.78, 5) is 0. The van der Waals surface area contributed by atoms with Crippen LogP contribution in [0, 0.1) is 24.7 Å².